The molecule has 2 aliphatic carbocycles. The van der Waals surface area contributed by atoms with E-state index in [0.717, 1.165) is 24.3 Å². The molecule has 2 bridgehead atoms. The first-order valence-electron chi connectivity index (χ1n) is 7.98. The fraction of sp³-hybridized carbons (Fsp3) is 0.647. The largest absolute Gasteiger partial charge is 0.489 e. The number of hydrogen-bond donors (Lipinski definition) is 2. The minimum absolute atomic E-state index is 0.271. The molecule has 0 spiro atoms. The van der Waals surface area contributed by atoms with E-state index in [4.69, 9.17) is 16.3 Å². The van der Waals surface area contributed by atoms with Crippen LogP contribution in [0.1, 0.15) is 25.7 Å². The fourth-order valence-electron chi connectivity index (χ4n) is 3.87. The van der Waals surface area contributed by atoms with Crippen molar-refractivity contribution in [1.82, 2.24) is 5.32 Å². The number of rotatable bonds is 7. The van der Waals surface area contributed by atoms with E-state index in [1.807, 2.05) is 18.2 Å². The van der Waals surface area contributed by atoms with Crippen molar-refractivity contribution in [2.24, 2.45) is 17.8 Å². The summed E-state index contributed by atoms with van der Waals surface area (Å²) in [5.74, 6) is 3.36. The van der Waals surface area contributed by atoms with E-state index in [2.05, 4.69) is 5.32 Å². The second-order valence-electron chi connectivity index (χ2n) is 6.49. The van der Waals surface area contributed by atoms with E-state index >= 15 is 0 Å². The molecule has 0 amide bonds. The van der Waals surface area contributed by atoms with Crippen molar-refractivity contribution in [3.05, 3.63) is 29.3 Å². The van der Waals surface area contributed by atoms with Gasteiger partial charge in [-0.15, -0.1) is 0 Å². The third kappa shape index (κ3) is 3.91. The Labute approximate surface area is 131 Å². The highest BCUT2D eigenvalue weighted by Crippen LogP contribution is 2.47. The summed E-state index contributed by atoms with van der Waals surface area (Å²) < 4.78 is 5.55. The summed E-state index contributed by atoms with van der Waals surface area (Å²) in [7, 11) is 0. The number of nitrogens with one attached hydrogen (secondary N) is 1. The molecule has 2 fully saturated rings. The molecule has 0 radical (unpaired) electrons. The molecule has 0 aliphatic heterocycles. The molecule has 21 heavy (non-hydrogen) atoms. The Balaban J connectivity index is 1.33. The van der Waals surface area contributed by atoms with E-state index < -0.39 is 6.10 Å². The SMILES string of the molecule is OC(CNCC1CC2CCC1C2)COc1ccccc1Cl. The second kappa shape index (κ2) is 6.99. The van der Waals surface area contributed by atoms with Crippen LogP contribution in [0.5, 0.6) is 5.75 Å². The lowest BCUT2D eigenvalue weighted by Crippen LogP contribution is -2.35. The summed E-state index contributed by atoms with van der Waals surface area (Å²) >= 11 is 6.01. The summed E-state index contributed by atoms with van der Waals surface area (Å²) in [5.41, 5.74) is 0. The Kier molecular flexibility index (Phi) is 5.04. The average Bonchev–Trinajstić information content (AvgIpc) is 3.09. The van der Waals surface area contributed by atoms with Crippen molar-refractivity contribution in [1.29, 1.82) is 0 Å². The van der Waals surface area contributed by atoms with Crippen LogP contribution in [-0.4, -0.2) is 30.9 Å². The summed E-state index contributed by atoms with van der Waals surface area (Å²) in [6.07, 6.45) is 5.17. The maximum Gasteiger partial charge on any atom is 0.138 e. The van der Waals surface area contributed by atoms with Crippen LogP contribution >= 0.6 is 11.6 Å². The Morgan fingerprint density at radius 2 is 2.14 bits per heavy atom. The Bertz CT molecular complexity index is 468. The molecule has 4 heteroatoms. The maximum atomic E-state index is 9.98. The maximum absolute atomic E-state index is 9.98. The molecule has 1 aromatic carbocycles. The second-order valence-corrected chi connectivity index (χ2v) is 6.90. The predicted octanol–water partition coefficient (Wildman–Crippen LogP) is 3.11. The van der Waals surface area contributed by atoms with Gasteiger partial charge < -0.3 is 15.2 Å². The number of halogens is 1. The van der Waals surface area contributed by atoms with Crippen LogP contribution in [-0.2, 0) is 0 Å². The number of aliphatic hydroxyl groups excluding tert-OH is 1. The average molecular weight is 310 g/mol. The molecule has 2 aliphatic rings. The molecule has 2 N–H and O–H groups in total. The van der Waals surface area contributed by atoms with E-state index in [1.165, 1.54) is 25.7 Å². The first-order valence-corrected chi connectivity index (χ1v) is 8.36. The van der Waals surface area contributed by atoms with E-state index in [0.29, 0.717) is 17.3 Å². The molecule has 116 valence electrons. The van der Waals surface area contributed by atoms with Gasteiger partial charge in [0.2, 0.25) is 0 Å². The minimum Gasteiger partial charge on any atom is -0.489 e. The van der Waals surface area contributed by atoms with Gasteiger partial charge >= 0.3 is 0 Å². The molecule has 3 rings (SSSR count). The number of benzene rings is 1. The van der Waals surface area contributed by atoms with Gasteiger partial charge in [-0.25, -0.2) is 0 Å². The lowest BCUT2D eigenvalue weighted by atomic mass is 9.89. The molecule has 4 atom stereocenters. The number of para-hydroxylation sites is 1. The summed E-state index contributed by atoms with van der Waals surface area (Å²) in [4.78, 5) is 0. The zero-order valence-corrected chi connectivity index (χ0v) is 13.1. The zero-order chi connectivity index (χ0) is 14.7. The smallest absolute Gasteiger partial charge is 0.138 e. The topological polar surface area (TPSA) is 41.5 Å². The third-order valence-electron chi connectivity index (χ3n) is 4.94. The van der Waals surface area contributed by atoms with Gasteiger partial charge in [0.15, 0.2) is 0 Å². The first kappa shape index (κ1) is 15.1. The van der Waals surface area contributed by atoms with Gasteiger partial charge in [0.1, 0.15) is 18.5 Å². The van der Waals surface area contributed by atoms with Crippen LogP contribution in [0.15, 0.2) is 24.3 Å². The lowest BCUT2D eigenvalue weighted by molar-refractivity contribution is 0.104. The number of aliphatic hydroxyl groups is 1. The van der Waals surface area contributed by atoms with Gasteiger partial charge in [-0.2, -0.15) is 0 Å². The number of hydrogen-bond acceptors (Lipinski definition) is 3. The zero-order valence-electron chi connectivity index (χ0n) is 12.3. The van der Waals surface area contributed by atoms with Gasteiger partial charge in [-0.05, 0) is 55.7 Å². The van der Waals surface area contributed by atoms with Crippen molar-refractivity contribution < 1.29 is 9.84 Å². The van der Waals surface area contributed by atoms with E-state index in [9.17, 15) is 5.11 Å². The quantitative estimate of drug-likeness (QED) is 0.813. The molecule has 4 unspecified atom stereocenters. The Morgan fingerprint density at radius 3 is 2.86 bits per heavy atom. The van der Waals surface area contributed by atoms with Crippen LogP contribution in [0, 0.1) is 17.8 Å². The summed E-state index contributed by atoms with van der Waals surface area (Å²) in [6.45, 7) is 1.89. The third-order valence-corrected chi connectivity index (χ3v) is 5.25. The standard InChI is InChI=1S/C17H24ClNO2/c18-16-3-1-2-4-17(16)21-11-15(20)10-19-9-14-8-12-5-6-13(14)7-12/h1-4,12-15,19-20H,5-11H2. The Hall–Kier alpha value is -0.770. The van der Waals surface area contributed by atoms with E-state index in [-0.39, 0.29) is 6.61 Å². The van der Waals surface area contributed by atoms with Crippen LogP contribution in [0.3, 0.4) is 0 Å². The van der Waals surface area contributed by atoms with Gasteiger partial charge in [0.05, 0.1) is 5.02 Å². The predicted molar refractivity (Wildman–Crippen MR) is 84.8 cm³/mol. The van der Waals surface area contributed by atoms with Crippen molar-refractivity contribution >= 4 is 11.6 Å². The summed E-state index contributed by atoms with van der Waals surface area (Å²) in [5, 5.41) is 14.0. The molecule has 2 saturated carbocycles. The normalized spacial score (nSPS) is 28.8. The molecule has 0 saturated heterocycles. The van der Waals surface area contributed by atoms with Crippen LogP contribution in [0.2, 0.25) is 5.02 Å². The fourth-order valence-corrected chi connectivity index (χ4v) is 4.06. The lowest BCUT2D eigenvalue weighted by Gasteiger charge is -2.22. The van der Waals surface area contributed by atoms with Crippen molar-refractivity contribution in [2.45, 2.75) is 31.8 Å². The molecule has 0 heterocycles. The molecule has 0 aromatic heterocycles. The molecule has 1 aromatic rings. The van der Waals surface area contributed by atoms with Gasteiger partial charge in [0, 0.05) is 6.54 Å². The highest BCUT2D eigenvalue weighted by Gasteiger charge is 2.38. The van der Waals surface area contributed by atoms with Crippen molar-refractivity contribution in [3.63, 3.8) is 0 Å². The van der Waals surface area contributed by atoms with Gasteiger partial charge in [-0.3, -0.25) is 0 Å². The highest BCUT2D eigenvalue weighted by molar-refractivity contribution is 6.32. The van der Waals surface area contributed by atoms with Gasteiger partial charge in [-0.1, -0.05) is 30.2 Å². The molecule has 3 nitrogen and oxygen atoms in total. The first-order chi connectivity index (χ1) is 10.2. The van der Waals surface area contributed by atoms with Crippen LogP contribution in [0.25, 0.3) is 0 Å². The number of fused-ring (bicyclic) bond motifs is 2. The molecular weight excluding hydrogens is 286 g/mol. The number of ether oxygens (including phenoxy) is 1. The Morgan fingerprint density at radius 1 is 1.29 bits per heavy atom. The molecular formula is C17H24ClNO2. The minimum atomic E-state index is -0.500. The summed E-state index contributed by atoms with van der Waals surface area (Å²) in [6, 6.07) is 7.35. The van der Waals surface area contributed by atoms with Crippen molar-refractivity contribution in [3.8, 4) is 5.75 Å². The highest BCUT2D eigenvalue weighted by atomic mass is 35.5. The monoisotopic (exact) mass is 309 g/mol. The van der Waals surface area contributed by atoms with E-state index in [1.54, 1.807) is 6.07 Å². The van der Waals surface area contributed by atoms with Crippen LogP contribution < -0.4 is 10.1 Å². The van der Waals surface area contributed by atoms with Crippen LogP contribution in [0.4, 0.5) is 0 Å². The van der Waals surface area contributed by atoms with Gasteiger partial charge in [0.25, 0.3) is 0 Å². The van der Waals surface area contributed by atoms with Crippen molar-refractivity contribution in [2.75, 3.05) is 19.7 Å².